The standard InChI is InChI=1S/C19H17N3O2/c1-12(13-8-9-17(23-2)18(10-13)24-3)14(11-20)19-21-15-6-4-5-7-16(15)22-19/h4-10H,1-3H3,(H,21,22)/b14-12+. The van der Waals surface area contributed by atoms with Gasteiger partial charge in [0.15, 0.2) is 11.5 Å². The van der Waals surface area contributed by atoms with Gasteiger partial charge in [0.05, 0.1) is 30.8 Å². The quantitative estimate of drug-likeness (QED) is 0.737. The summed E-state index contributed by atoms with van der Waals surface area (Å²) in [7, 11) is 3.18. The van der Waals surface area contributed by atoms with Gasteiger partial charge >= 0.3 is 0 Å². The normalized spacial score (nSPS) is 11.8. The fourth-order valence-electron chi connectivity index (χ4n) is 2.60. The predicted octanol–water partition coefficient (Wildman–Crippen LogP) is 4.03. The molecule has 0 atom stereocenters. The summed E-state index contributed by atoms with van der Waals surface area (Å²) in [6.07, 6.45) is 0. The third kappa shape index (κ3) is 2.70. The number of allylic oxidation sites excluding steroid dienone is 2. The summed E-state index contributed by atoms with van der Waals surface area (Å²) in [5, 5.41) is 9.64. The minimum atomic E-state index is 0.499. The molecule has 0 bridgehead atoms. The maximum absolute atomic E-state index is 9.64. The molecule has 0 saturated heterocycles. The summed E-state index contributed by atoms with van der Waals surface area (Å²) < 4.78 is 10.6. The molecule has 0 saturated carbocycles. The van der Waals surface area contributed by atoms with Crippen LogP contribution in [0.5, 0.6) is 11.5 Å². The Balaban J connectivity index is 2.12. The van der Waals surface area contributed by atoms with E-state index in [2.05, 4.69) is 16.0 Å². The van der Waals surface area contributed by atoms with E-state index in [1.54, 1.807) is 14.2 Å². The number of rotatable bonds is 4. The molecule has 1 aromatic heterocycles. The molecule has 5 nitrogen and oxygen atoms in total. The van der Waals surface area contributed by atoms with E-state index < -0.39 is 0 Å². The van der Waals surface area contributed by atoms with E-state index in [1.807, 2.05) is 49.4 Å². The van der Waals surface area contributed by atoms with Gasteiger partial charge in [0.2, 0.25) is 0 Å². The van der Waals surface area contributed by atoms with E-state index >= 15 is 0 Å². The number of hydrogen-bond acceptors (Lipinski definition) is 4. The largest absolute Gasteiger partial charge is 0.493 e. The van der Waals surface area contributed by atoms with E-state index in [0.717, 1.165) is 22.2 Å². The molecule has 3 rings (SSSR count). The number of hydrogen-bond donors (Lipinski definition) is 1. The number of nitriles is 1. The first-order valence-electron chi connectivity index (χ1n) is 7.46. The first kappa shape index (κ1) is 15.6. The van der Waals surface area contributed by atoms with Gasteiger partial charge in [-0.15, -0.1) is 0 Å². The summed E-state index contributed by atoms with van der Waals surface area (Å²) in [4.78, 5) is 7.72. The van der Waals surface area contributed by atoms with Crippen molar-refractivity contribution in [3.05, 3.63) is 53.9 Å². The van der Waals surface area contributed by atoms with E-state index in [9.17, 15) is 5.26 Å². The van der Waals surface area contributed by atoms with Crippen molar-refractivity contribution in [3.8, 4) is 17.6 Å². The number of aromatic nitrogens is 2. The highest BCUT2D eigenvalue weighted by Gasteiger charge is 2.14. The Morgan fingerprint density at radius 2 is 1.83 bits per heavy atom. The summed E-state index contributed by atoms with van der Waals surface area (Å²) >= 11 is 0. The smallest absolute Gasteiger partial charge is 0.161 e. The second-order valence-electron chi connectivity index (χ2n) is 5.28. The maximum Gasteiger partial charge on any atom is 0.161 e. The number of nitrogens with zero attached hydrogens (tertiary/aromatic N) is 2. The highest BCUT2D eigenvalue weighted by molar-refractivity contribution is 5.96. The average Bonchev–Trinajstić information content (AvgIpc) is 3.05. The Hall–Kier alpha value is -3.26. The molecular weight excluding hydrogens is 302 g/mol. The first-order valence-corrected chi connectivity index (χ1v) is 7.46. The Labute approximate surface area is 140 Å². The molecule has 0 aliphatic rings. The monoisotopic (exact) mass is 319 g/mol. The van der Waals surface area contributed by atoms with Crippen LogP contribution >= 0.6 is 0 Å². The van der Waals surface area contributed by atoms with Crippen molar-refractivity contribution in [1.29, 1.82) is 5.26 Å². The second kappa shape index (κ2) is 6.47. The van der Waals surface area contributed by atoms with Gasteiger partial charge in [-0.2, -0.15) is 5.26 Å². The van der Waals surface area contributed by atoms with Crippen molar-refractivity contribution < 1.29 is 9.47 Å². The SMILES string of the molecule is COc1ccc(/C(C)=C(\C#N)c2nc3ccccc3[nH]2)cc1OC. The third-order valence-electron chi connectivity index (χ3n) is 3.93. The fourth-order valence-corrected chi connectivity index (χ4v) is 2.60. The molecule has 120 valence electrons. The van der Waals surface area contributed by atoms with Crippen molar-refractivity contribution in [2.45, 2.75) is 6.92 Å². The number of imidazole rings is 1. The van der Waals surface area contributed by atoms with E-state index in [1.165, 1.54) is 0 Å². The van der Waals surface area contributed by atoms with Gasteiger partial charge in [0.1, 0.15) is 11.9 Å². The molecule has 0 radical (unpaired) electrons. The van der Waals surface area contributed by atoms with E-state index in [-0.39, 0.29) is 0 Å². The zero-order valence-electron chi connectivity index (χ0n) is 13.8. The van der Waals surface area contributed by atoms with Gasteiger partial charge in [0.25, 0.3) is 0 Å². The molecular formula is C19H17N3O2. The molecule has 0 aliphatic heterocycles. The molecule has 0 amide bonds. The van der Waals surface area contributed by atoms with Crippen LogP contribution in [0.3, 0.4) is 0 Å². The van der Waals surface area contributed by atoms with Gasteiger partial charge in [-0.1, -0.05) is 18.2 Å². The maximum atomic E-state index is 9.64. The second-order valence-corrected chi connectivity index (χ2v) is 5.28. The number of methoxy groups -OCH3 is 2. The Morgan fingerprint density at radius 1 is 1.08 bits per heavy atom. The van der Waals surface area contributed by atoms with Crippen molar-refractivity contribution in [1.82, 2.24) is 9.97 Å². The Kier molecular flexibility index (Phi) is 4.21. The van der Waals surface area contributed by atoms with Gasteiger partial charge in [-0.25, -0.2) is 4.98 Å². The van der Waals surface area contributed by atoms with Crippen LogP contribution in [-0.2, 0) is 0 Å². The molecule has 0 aliphatic carbocycles. The molecule has 0 unspecified atom stereocenters. The van der Waals surface area contributed by atoms with Crippen LogP contribution < -0.4 is 9.47 Å². The lowest BCUT2D eigenvalue weighted by atomic mass is 10.0. The predicted molar refractivity (Wildman–Crippen MR) is 93.7 cm³/mol. The summed E-state index contributed by atoms with van der Waals surface area (Å²) in [6.45, 7) is 1.90. The molecule has 1 heterocycles. The first-order chi connectivity index (χ1) is 11.7. The van der Waals surface area contributed by atoms with Gasteiger partial charge in [-0.05, 0) is 42.3 Å². The fraction of sp³-hybridized carbons (Fsp3) is 0.158. The lowest BCUT2D eigenvalue weighted by Gasteiger charge is -2.10. The van der Waals surface area contributed by atoms with Crippen LogP contribution in [0.2, 0.25) is 0 Å². The Bertz CT molecular complexity index is 931. The number of benzene rings is 2. The highest BCUT2D eigenvalue weighted by Crippen LogP contribution is 2.33. The van der Waals surface area contributed by atoms with E-state index in [0.29, 0.717) is 22.9 Å². The highest BCUT2D eigenvalue weighted by atomic mass is 16.5. The molecule has 3 aromatic rings. The van der Waals surface area contributed by atoms with Crippen LogP contribution in [0, 0.1) is 11.3 Å². The third-order valence-corrected chi connectivity index (χ3v) is 3.93. The minimum Gasteiger partial charge on any atom is -0.493 e. The Morgan fingerprint density at radius 3 is 2.50 bits per heavy atom. The van der Waals surface area contributed by atoms with Crippen LogP contribution in [0.1, 0.15) is 18.3 Å². The summed E-state index contributed by atoms with van der Waals surface area (Å²) in [5.74, 6) is 1.83. The van der Waals surface area contributed by atoms with Crippen LogP contribution in [0.25, 0.3) is 22.2 Å². The summed E-state index contributed by atoms with van der Waals surface area (Å²) in [5.41, 5.74) is 3.93. The number of nitrogens with one attached hydrogen (secondary N) is 1. The zero-order valence-corrected chi connectivity index (χ0v) is 13.8. The summed E-state index contributed by atoms with van der Waals surface area (Å²) in [6, 6.07) is 15.5. The van der Waals surface area contributed by atoms with Crippen LogP contribution in [-0.4, -0.2) is 24.2 Å². The number of aromatic amines is 1. The number of para-hydroxylation sites is 2. The van der Waals surface area contributed by atoms with Crippen molar-refractivity contribution in [3.63, 3.8) is 0 Å². The average molecular weight is 319 g/mol. The molecule has 24 heavy (non-hydrogen) atoms. The minimum absolute atomic E-state index is 0.499. The zero-order chi connectivity index (χ0) is 17.1. The molecule has 0 spiro atoms. The topological polar surface area (TPSA) is 70.9 Å². The number of ether oxygens (including phenoxy) is 2. The van der Waals surface area contributed by atoms with Gasteiger partial charge < -0.3 is 14.5 Å². The number of fused-ring (bicyclic) bond motifs is 1. The lowest BCUT2D eigenvalue weighted by molar-refractivity contribution is 0.355. The van der Waals surface area contributed by atoms with Crippen molar-refractivity contribution >= 4 is 22.2 Å². The van der Waals surface area contributed by atoms with Gasteiger partial charge in [0, 0.05) is 0 Å². The van der Waals surface area contributed by atoms with Crippen LogP contribution in [0.4, 0.5) is 0 Å². The molecule has 2 aromatic carbocycles. The molecule has 1 N–H and O–H groups in total. The lowest BCUT2D eigenvalue weighted by Crippen LogP contribution is -1.94. The molecule has 0 fully saturated rings. The van der Waals surface area contributed by atoms with Crippen molar-refractivity contribution in [2.24, 2.45) is 0 Å². The van der Waals surface area contributed by atoms with Crippen LogP contribution in [0.15, 0.2) is 42.5 Å². The molecule has 5 heteroatoms. The van der Waals surface area contributed by atoms with E-state index in [4.69, 9.17) is 9.47 Å². The van der Waals surface area contributed by atoms with Crippen molar-refractivity contribution in [2.75, 3.05) is 14.2 Å². The van der Waals surface area contributed by atoms with Gasteiger partial charge in [-0.3, -0.25) is 0 Å². The number of H-pyrrole nitrogens is 1.